The molecule has 0 aliphatic heterocycles. The van der Waals surface area contributed by atoms with E-state index in [0.717, 1.165) is 4.47 Å². The normalized spacial score (nSPS) is 10.4. The summed E-state index contributed by atoms with van der Waals surface area (Å²) in [5.41, 5.74) is 0.625. The van der Waals surface area contributed by atoms with E-state index in [0.29, 0.717) is 21.5 Å². The summed E-state index contributed by atoms with van der Waals surface area (Å²) in [5, 5.41) is 9.26. The Morgan fingerprint density at radius 2 is 1.83 bits per heavy atom. The van der Waals surface area contributed by atoms with Gasteiger partial charge in [0.1, 0.15) is 17.3 Å². The predicted molar refractivity (Wildman–Crippen MR) is 74.2 cm³/mol. The highest BCUT2D eigenvalue weighted by Gasteiger charge is 2.08. The Morgan fingerprint density at radius 1 is 1.06 bits per heavy atom. The van der Waals surface area contributed by atoms with Crippen LogP contribution in [0.3, 0.4) is 0 Å². The lowest BCUT2D eigenvalue weighted by molar-refractivity contribution is 0.276. The minimum absolute atomic E-state index is 0.151. The van der Waals surface area contributed by atoms with E-state index >= 15 is 0 Å². The van der Waals surface area contributed by atoms with Crippen molar-refractivity contribution in [2.45, 2.75) is 6.61 Å². The van der Waals surface area contributed by atoms with Crippen LogP contribution in [-0.2, 0) is 6.61 Å². The zero-order valence-electron chi connectivity index (χ0n) is 9.16. The van der Waals surface area contributed by atoms with Gasteiger partial charge in [-0.15, -0.1) is 0 Å². The summed E-state index contributed by atoms with van der Waals surface area (Å²) in [6, 6.07) is 9.46. The van der Waals surface area contributed by atoms with Crippen LogP contribution >= 0.6 is 31.9 Å². The molecule has 0 amide bonds. The summed E-state index contributed by atoms with van der Waals surface area (Å²) in [7, 11) is 0. The molecule has 0 fully saturated rings. The topological polar surface area (TPSA) is 29.5 Å². The fourth-order valence-corrected chi connectivity index (χ4v) is 2.18. The van der Waals surface area contributed by atoms with Gasteiger partial charge in [-0.05, 0) is 46.3 Å². The van der Waals surface area contributed by atoms with Crippen molar-refractivity contribution in [3.63, 3.8) is 0 Å². The molecule has 0 aliphatic rings. The number of hydrogen-bond donors (Lipinski definition) is 1. The summed E-state index contributed by atoms with van der Waals surface area (Å²) in [5.74, 6) is 0.481. The van der Waals surface area contributed by atoms with Crippen molar-refractivity contribution in [2.75, 3.05) is 0 Å². The maximum Gasteiger partial charge on any atom is 0.144 e. The van der Waals surface area contributed by atoms with Crippen molar-refractivity contribution in [1.82, 2.24) is 0 Å². The van der Waals surface area contributed by atoms with Gasteiger partial charge in [-0.3, -0.25) is 0 Å². The van der Waals surface area contributed by atoms with Gasteiger partial charge < -0.3 is 9.84 Å². The van der Waals surface area contributed by atoms with Crippen LogP contribution in [0.1, 0.15) is 5.56 Å². The van der Waals surface area contributed by atoms with Gasteiger partial charge in [0.25, 0.3) is 0 Å². The number of halogens is 3. The van der Waals surface area contributed by atoms with Crippen molar-refractivity contribution < 1.29 is 14.2 Å². The lowest BCUT2D eigenvalue weighted by Gasteiger charge is -2.11. The average molecular weight is 376 g/mol. The number of hydrogen-bond acceptors (Lipinski definition) is 2. The molecule has 0 heterocycles. The molecular weight excluding hydrogens is 367 g/mol. The first kappa shape index (κ1) is 13.5. The van der Waals surface area contributed by atoms with Gasteiger partial charge in [0.2, 0.25) is 0 Å². The Hall–Kier alpha value is -0.910. The monoisotopic (exact) mass is 374 g/mol. The molecule has 0 saturated heterocycles. The second kappa shape index (κ2) is 5.82. The highest BCUT2D eigenvalue weighted by molar-refractivity contribution is 9.10. The molecule has 0 atom stereocenters. The lowest BCUT2D eigenvalue weighted by Crippen LogP contribution is -1.93. The largest absolute Gasteiger partial charge is 0.456 e. The maximum atomic E-state index is 13.1. The molecule has 2 aromatic carbocycles. The average Bonchev–Trinajstić information content (AvgIpc) is 2.36. The summed E-state index contributed by atoms with van der Waals surface area (Å²) in [4.78, 5) is 0. The quantitative estimate of drug-likeness (QED) is 0.847. The Bertz CT molecular complexity index is 573. The van der Waals surface area contributed by atoms with Gasteiger partial charge in [-0.25, -0.2) is 4.39 Å². The third-order valence-corrected chi connectivity index (χ3v) is 3.45. The molecule has 5 heteroatoms. The second-order valence-corrected chi connectivity index (χ2v) is 5.36. The predicted octanol–water partition coefficient (Wildman–Crippen LogP) is 4.64. The van der Waals surface area contributed by atoms with Gasteiger partial charge >= 0.3 is 0 Å². The Balaban J connectivity index is 2.36. The van der Waals surface area contributed by atoms with Gasteiger partial charge in [-0.1, -0.05) is 15.9 Å². The molecular formula is C13H9Br2FO2. The Kier molecular flexibility index (Phi) is 4.37. The number of ether oxygens (including phenoxy) is 1. The van der Waals surface area contributed by atoms with Gasteiger partial charge in [0.15, 0.2) is 0 Å². The minimum Gasteiger partial charge on any atom is -0.456 e. The van der Waals surface area contributed by atoms with Gasteiger partial charge in [0.05, 0.1) is 11.1 Å². The summed E-state index contributed by atoms with van der Waals surface area (Å²) in [6.45, 7) is -0.151. The Morgan fingerprint density at radius 3 is 2.56 bits per heavy atom. The van der Waals surface area contributed by atoms with E-state index in [1.807, 2.05) is 0 Å². The van der Waals surface area contributed by atoms with Gasteiger partial charge in [0, 0.05) is 16.1 Å². The number of benzene rings is 2. The highest BCUT2D eigenvalue weighted by Crippen LogP contribution is 2.33. The number of aliphatic hydroxyl groups excluding tert-OH is 1. The molecule has 0 aromatic heterocycles. The van der Waals surface area contributed by atoms with E-state index in [4.69, 9.17) is 4.74 Å². The second-order valence-electron chi connectivity index (χ2n) is 3.59. The first-order chi connectivity index (χ1) is 8.60. The van der Waals surface area contributed by atoms with Crippen molar-refractivity contribution >= 4 is 31.9 Å². The van der Waals surface area contributed by atoms with Crippen LogP contribution < -0.4 is 4.74 Å². The molecule has 2 aromatic rings. The van der Waals surface area contributed by atoms with Crippen LogP contribution in [0.25, 0.3) is 0 Å². The molecule has 18 heavy (non-hydrogen) atoms. The van der Waals surface area contributed by atoms with Crippen LogP contribution in [0.4, 0.5) is 4.39 Å². The van der Waals surface area contributed by atoms with E-state index < -0.39 is 0 Å². The molecule has 0 saturated carbocycles. The molecule has 0 radical (unpaired) electrons. The first-order valence-corrected chi connectivity index (χ1v) is 6.71. The first-order valence-electron chi connectivity index (χ1n) is 5.12. The van der Waals surface area contributed by atoms with Crippen molar-refractivity contribution in [3.05, 3.63) is 56.7 Å². The van der Waals surface area contributed by atoms with Crippen LogP contribution in [0.2, 0.25) is 0 Å². The SMILES string of the molecule is OCc1cc(Br)ccc1Oc1cc(F)ccc1Br. The number of aliphatic hydroxyl groups is 1. The van der Waals surface area contributed by atoms with E-state index in [1.165, 1.54) is 12.1 Å². The molecule has 0 aliphatic carbocycles. The van der Waals surface area contributed by atoms with E-state index in [-0.39, 0.29) is 12.4 Å². The minimum atomic E-state index is -0.379. The standard InChI is InChI=1S/C13H9Br2FO2/c14-9-1-4-12(8(5-9)7-17)18-13-6-10(16)2-3-11(13)15/h1-6,17H,7H2. The fourth-order valence-electron chi connectivity index (χ4n) is 1.45. The van der Waals surface area contributed by atoms with Gasteiger partial charge in [-0.2, -0.15) is 0 Å². The van der Waals surface area contributed by atoms with E-state index in [1.54, 1.807) is 24.3 Å². The smallest absolute Gasteiger partial charge is 0.144 e. The zero-order chi connectivity index (χ0) is 13.1. The maximum absolute atomic E-state index is 13.1. The highest BCUT2D eigenvalue weighted by atomic mass is 79.9. The molecule has 2 nitrogen and oxygen atoms in total. The summed E-state index contributed by atoms with van der Waals surface area (Å²) < 4.78 is 20.2. The van der Waals surface area contributed by atoms with Crippen molar-refractivity contribution in [2.24, 2.45) is 0 Å². The lowest BCUT2D eigenvalue weighted by atomic mass is 10.2. The molecule has 2 rings (SSSR count). The van der Waals surface area contributed by atoms with Crippen LogP contribution in [-0.4, -0.2) is 5.11 Å². The fraction of sp³-hybridized carbons (Fsp3) is 0.0769. The summed E-state index contributed by atoms with van der Waals surface area (Å²) in [6.07, 6.45) is 0. The third-order valence-electron chi connectivity index (χ3n) is 2.31. The molecule has 1 N–H and O–H groups in total. The van der Waals surface area contributed by atoms with Crippen molar-refractivity contribution in [3.8, 4) is 11.5 Å². The molecule has 0 bridgehead atoms. The molecule has 0 spiro atoms. The molecule has 94 valence electrons. The molecule has 0 unspecified atom stereocenters. The van der Waals surface area contributed by atoms with E-state index in [2.05, 4.69) is 31.9 Å². The van der Waals surface area contributed by atoms with Crippen LogP contribution in [0.15, 0.2) is 45.3 Å². The summed E-state index contributed by atoms with van der Waals surface area (Å²) >= 11 is 6.60. The Labute approximate surface area is 121 Å². The van der Waals surface area contributed by atoms with Crippen LogP contribution in [0, 0.1) is 5.82 Å². The van der Waals surface area contributed by atoms with Crippen LogP contribution in [0.5, 0.6) is 11.5 Å². The van der Waals surface area contributed by atoms with E-state index in [9.17, 15) is 9.50 Å². The third kappa shape index (κ3) is 3.10. The number of rotatable bonds is 3. The zero-order valence-corrected chi connectivity index (χ0v) is 12.3. The van der Waals surface area contributed by atoms with Crippen molar-refractivity contribution in [1.29, 1.82) is 0 Å².